The van der Waals surface area contributed by atoms with Crippen LogP contribution >= 0.6 is 35.2 Å². The van der Waals surface area contributed by atoms with Crippen LogP contribution in [0.3, 0.4) is 0 Å². The average Bonchev–Trinajstić information content (AvgIpc) is 3.67. The van der Waals surface area contributed by atoms with Gasteiger partial charge in [0.15, 0.2) is 17.2 Å². The second-order valence-corrected chi connectivity index (χ2v) is 18.7. The fourth-order valence-corrected chi connectivity index (χ4v) is 8.57. The molecule has 0 aliphatic carbocycles. The molecular formula is C30H48N7O17P3S. The first-order chi connectivity index (χ1) is 26.9. The van der Waals surface area contributed by atoms with Gasteiger partial charge in [-0.15, -0.1) is 0 Å². The summed E-state index contributed by atoms with van der Waals surface area (Å²) < 4.78 is 62.7. The third-order valence-corrected chi connectivity index (χ3v) is 12.1. The van der Waals surface area contributed by atoms with Gasteiger partial charge < -0.3 is 50.9 Å². The molecule has 2 aromatic rings. The van der Waals surface area contributed by atoms with Crippen molar-refractivity contribution in [3.05, 3.63) is 37.0 Å². The van der Waals surface area contributed by atoms with Crippen LogP contribution in [0.25, 0.3) is 11.2 Å². The molecule has 3 rings (SSSR count). The van der Waals surface area contributed by atoms with Gasteiger partial charge in [-0.2, -0.15) is 4.31 Å². The van der Waals surface area contributed by atoms with E-state index < -0.39 is 84.1 Å². The minimum Gasteiger partial charge on any atom is -0.385 e. The van der Waals surface area contributed by atoms with Gasteiger partial charge in [-0.1, -0.05) is 50.8 Å². The first kappa shape index (κ1) is 49.4. The lowest BCUT2D eigenvalue weighted by Gasteiger charge is -2.30. The van der Waals surface area contributed by atoms with Crippen molar-refractivity contribution in [2.24, 2.45) is 5.41 Å². The van der Waals surface area contributed by atoms with E-state index in [4.69, 9.17) is 24.0 Å². The molecule has 0 spiro atoms. The number of nitrogens with zero attached hydrogens (tertiary/aromatic N) is 4. The number of hydrogen-bond donors (Lipinski definition) is 9. The Balaban J connectivity index is 1.49. The van der Waals surface area contributed by atoms with Gasteiger partial charge in [0.05, 0.1) is 19.5 Å². The van der Waals surface area contributed by atoms with E-state index in [0.717, 1.165) is 35.4 Å². The first-order valence-corrected chi connectivity index (χ1v) is 22.8. The molecule has 3 heterocycles. The van der Waals surface area contributed by atoms with Crippen molar-refractivity contribution in [1.29, 1.82) is 0 Å². The number of hydrogen-bond acceptors (Lipinski definition) is 18. The number of phosphoric ester groups is 3. The van der Waals surface area contributed by atoms with Crippen LogP contribution < -0.4 is 16.4 Å². The topological polar surface area (TPSA) is 364 Å². The SMILES string of the molecule is CCC=CCC=CC(=O)SCCNC(=O)CCNC(=O)C(O)C(C)(C)COP(=O)(O)OP(=O)(O)OCC1OC(C)(n2cnc3c(N)ncnc32)C(O)C1OP(=O)(O)O. The van der Waals surface area contributed by atoms with Crippen molar-refractivity contribution in [2.75, 3.05) is 37.8 Å². The largest absolute Gasteiger partial charge is 0.481 e. The third-order valence-electron chi connectivity index (χ3n) is 8.16. The van der Waals surface area contributed by atoms with E-state index in [1.807, 2.05) is 19.1 Å². The van der Waals surface area contributed by atoms with Gasteiger partial charge in [0.1, 0.15) is 36.3 Å². The van der Waals surface area contributed by atoms with Gasteiger partial charge in [0, 0.05) is 30.7 Å². The summed E-state index contributed by atoms with van der Waals surface area (Å²) in [5.41, 5.74) is 2.30. The zero-order chi connectivity index (χ0) is 43.5. The number of fused-ring (bicyclic) bond motifs is 1. The molecule has 1 saturated heterocycles. The predicted molar refractivity (Wildman–Crippen MR) is 205 cm³/mol. The molecule has 24 nitrogen and oxygen atoms in total. The first-order valence-electron chi connectivity index (χ1n) is 17.3. The van der Waals surface area contributed by atoms with Crippen LogP contribution in [0.15, 0.2) is 37.0 Å². The summed E-state index contributed by atoms with van der Waals surface area (Å²) in [5.74, 6) is -1.15. The third kappa shape index (κ3) is 14.6. The van der Waals surface area contributed by atoms with Crippen LogP contribution in [0, 0.1) is 5.41 Å². The molecule has 0 saturated carbocycles. The summed E-state index contributed by atoms with van der Waals surface area (Å²) in [6, 6.07) is 0. The van der Waals surface area contributed by atoms with E-state index in [2.05, 4.69) is 29.9 Å². The van der Waals surface area contributed by atoms with Crippen LogP contribution in [-0.2, 0) is 56.4 Å². The number of nitrogen functional groups attached to an aromatic ring is 1. The number of phosphoric acid groups is 3. The zero-order valence-corrected chi connectivity index (χ0v) is 35.2. The lowest BCUT2D eigenvalue weighted by Crippen LogP contribution is -2.46. The molecular weight excluding hydrogens is 855 g/mol. The molecule has 7 unspecified atom stereocenters. The van der Waals surface area contributed by atoms with Crippen molar-refractivity contribution in [2.45, 2.75) is 77.1 Å². The van der Waals surface area contributed by atoms with Crippen molar-refractivity contribution in [1.82, 2.24) is 30.2 Å². The summed E-state index contributed by atoms with van der Waals surface area (Å²) in [5, 5.41) is 26.5. The second-order valence-electron chi connectivity index (χ2n) is 13.3. The number of carbonyl (C=O) groups is 3. The number of ether oxygens (including phenoxy) is 1. The molecule has 10 N–H and O–H groups in total. The second kappa shape index (κ2) is 21.0. The number of aromatic nitrogens is 4. The van der Waals surface area contributed by atoms with E-state index in [0.29, 0.717) is 12.2 Å². The highest BCUT2D eigenvalue weighted by atomic mass is 32.2. The lowest BCUT2D eigenvalue weighted by molar-refractivity contribution is -0.137. The van der Waals surface area contributed by atoms with Crippen molar-refractivity contribution < 1.29 is 80.5 Å². The average molecular weight is 904 g/mol. The van der Waals surface area contributed by atoms with Crippen molar-refractivity contribution in [3.8, 4) is 0 Å². The predicted octanol–water partition coefficient (Wildman–Crippen LogP) is 0.751. The molecule has 2 aromatic heterocycles. The van der Waals surface area contributed by atoms with Gasteiger partial charge in [-0.3, -0.25) is 32.5 Å². The van der Waals surface area contributed by atoms with Gasteiger partial charge in [-0.25, -0.2) is 28.6 Å². The quantitative estimate of drug-likeness (QED) is 0.0321. The molecule has 0 radical (unpaired) electrons. The van der Waals surface area contributed by atoms with Crippen LogP contribution in [0.5, 0.6) is 0 Å². The van der Waals surface area contributed by atoms with E-state index in [-0.39, 0.29) is 41.6 Å². The minimum atomic E-state index is -5.59. The summed E-state index contributed by atoms with van der Waals surface area (Å²) in [7, 11) is -16.5. The molecule has 0 aromatic carbocycles. The maximum absolute atomic E-state index is 12.8. The van der Waals surface area contributed by atoms with Crippen LogP contribution in [0.2, 0.25) is 0 Å². The normalized spacial score (nSPS) is 22.9. The van der Waals surface area contributed by atoms with E-state index in [1.165, 1.54) is 26.8 Å². The van der Waals surface area contributed by atoms with Crippen molar-refractivity contribution >= 4 is 69.1 Å². The number of anilines is 1. The Morgan fingerprint density at radius 3 is 2.43 bits per heavy atom. The Bertz CT molecular complexity index is 1960. The number of rotatable bonds is 23. The number of amides is 2. The fourth-order valence-electron chi connectivity index (χ4n) is 5.15. The smallest absolute Gasteiger partial charge is 0.385 e. The number of thioether (sulfide) groups is 1. The molecule has 1 aliphatic heterocycles. The van der Waals surface area contributed by atoms with Crippen LogP contribution in [0.4, 0.5) is 5.82 Å². The highest BCUT2D eigenvalue weighted by Crippen LogP contribution is 2.61. The van der Waals surface area contributed by atoms with Gasteiger partial charge in [0.2, 0.25) is 16.9 Å². The number of nitrogens with one attached hydrogen (secondary N) is 2. The number of allylic oxidation sites excluding steroid dienone is 3. The Labute approximate surface area is 336 Å². The summed E-state index contributed by atoms with van der Waals surface area (Å²) in [6.07, 6.45) is 3.14. The highest BCUT2D eigenvalue weighted by molar-refractivity contribution is 8.14. The standard InChI is InChI=1S/C30H48N7O17P3S/c1-5-6-7-8-9-10-21(39)58-14-13-32-20(38)11-12-33-28(42)25(41)29(2,3)16-51-57(48,49)54-56(46,47)50-15-19-23(53-55(43,44)45)24(40)30(4,52-19)37-18-36-22-26(31)34-17-35-27(22)37/h6-7,9-10,17-19,23-25,40-41H,5,8,11-16H2,1-4H3,(H,32,38)(H,33,42)(H,46,47)(H,48,49)(H2,31,34,35)(H2,43,44,45). The van der Waals surface area contributed by atoms with E-state index in [9.17, 15) is 57.9 Å². The maximum atomic E-state index is 12.8. The van der Waals surface area contributed by atoms with Gasteiger partial charge in [0.25, 0.3) is 0 Å². The van der Waals surface area contributed by atoms with E-state index in [1.54, 1.807) is 6.08 Å². The molecule has 1 fully saturated rings. The van der Waals surface area contributed by atoms with Gasteiger partial charge >= 0.3 is 23.5 Å². The Hall–Kier alpha value is -2.96. The summed E-state index contributed by atoms with van der Waals surface area (Å²) >= 11 is 1.02. The molecule has 0 bridgehead atoms. The molecule has 2 amide bonds. The lowest BCUT2D eigenvalue weighted by atomic mass is 9.87. The number of aliphatic hydroxyl groups is 2. The molecule has 326 valence electrons. The number of carbonyl (C=O) groups excluding carboxylic acids is 3. The number of imidazole rings is 1. The molecule has 28 heteroatoms. The Kier molecular flexibility index (Phi) is 17.9. The monoisotopic (exact) mass is 903 g/mol. The van der Waals surface area contributed by atoms with E-state index >= 15 is 0 Å². The summed E-state index contributed by atoms with van der Waals surface area (Å²) in [6.45, 7) is 3.69. The highest BCUT2D eigenvalue weighted by Gasteiger charge is 2.57. The zero-order valence-electron chi connectivity index (χ0n) is 31.7. The molecule has 58 heavy (non-hydrogen) atoms. The Morgan fingerprint density at radius 1 is 1.07 bits per heavy atom. The number of aliphatic hydroxyl groups excluding tert-OH is 2. The Morgan fingerprint density at radius 2 is 1.76 bits per heavy atom. The minimum absolute atomic E-state index is 0.0182. The fraction of sp³-hybridized carbons (Fsp3) is 0.600. The number of nitrogens with two attached hydrogens (primary N) is 1. The van der Waals surface area contributed by atoms with Crippen molar-refractivity contribution in [3.63, 3.8) is 0 Å². The maximum Gasteiger partial charge on any atom is 0.481 e. The van der Waals surface area contributed by atoms with Crippen LogP contribution in [-0.4, -0.2) is 123 Å². The van der Waals surface area contributed by atoms with Crippen LogP contribution in [0.1, 0.15) is 47.0 Å². The molecule has 1 aliphatic rings. The van der Waals surface area contributed by atoms with Gasteiger partial charge in [-0.05, 0) is 25.8 Å². The molecule has 7 atom stereocenters. The summed E-state index contributed by atoms with van der Waals surface area (Å²) in [4.78, 5) is 87.9.